The van der Waals surface area contributed by atoms with Crippen LogP contribution in [0.1, 0.15) is 19.3 Å². The van der Waals surface area contributed by atoms with Crippen LogP contribution in [0.2, 0.25) is 5.28 Å². The molecule has 0 bridgehead atoms. The van der Waals surface area contributed by atoms with E-state index in [-0.39, 0.29) is 10.9 Å². The first kappa shape index (κ1) is 10.6. The first-order chi connectivity index (χ1) is 7.24. The summed E-state index contributed by atoms with van der Waals surface area (Å²) in [4.78, 5) is 7.88. The highest BCUT2D eigenvalue weighted by molar-refractivity contribution is 6.28. The predicted molar refractivity (Wildman–Crippen MR) is 59.1 cm³/mol. The molecule has 2 rings (SSSR count). The zero-order valence-electron chi connectivity index (χ0n) is 8.66. The summed E-state index contributed by atoms with van der Waals surface area (Å²) in [5.41, 5.74) is -0.00255. The molecule has 15 heavy (non-hydrogen) atoms. The normalized spacial score (nSPS) is 18.3. The van der Waals surface area contributed by atoms with Crippen molar-refractivity contribution in [3.63, 3.8) is 0 Å². The number of halogens is 1. The third-order valence-corrected chi connectivity index (χ3v) is 3.10. The molecule has 5 heteroatoms. The third kappa shape index (κ3) is 2.38. The van der Waals surface area contributed by atoms with Gasteiger partial charge in [-0.05, 0) is 36.9 Å². The van der Waals surface area contributed by atoms with Crippen molar-refractivity contribution in [1.29, 1.82) is 0 Å². The minimum Gasteiger partial charge on any atom is -0.376 e. The molecule has 1 aromatic heterocycles. The molecule has 0 aliphatic heterocycles. The molecule has 1 saturated carbocycles. The van der Waals surface area contributed by atoms with Crippen LogP contribution < -0.4 is 5.32 Å². The lowest BCUT2D eigenvalue weighted by atomic mass is 9.80. The number of rotatable bonds is 4. The van der Waals surface area contributed by atoms with Gasteiger partial charge in [0.1, 0.15) is 5.82 Å². The Morgan fingerprint density at radius 2 is 2.40 bits per heavy atom. The van der Waals surface area contributed by atoms with Gasteiger partial charge in [0.25, 0.3) is 0 Å². The summed E-state index contributed by atoms with van der Waals surface area (Å²) in [5, 5.41) is 3.48. The molecule has 0 amide bonds. The van der Waals surface area contributed by atoms with Crippen LogP contribution in [-0.4, -0.2) is 29.2 Å². The lowest BCUT2D eigenvalue weighted by molar-refractivity contribution is -0.0601. The molecular weight excluding hydrogens is 214 g/mol. The van der Waals surface area contributed by atoms with E-state index in [1.165, 1.54) is 6.42 Å². The Bertz CT molecular complexity index is 336. The summed E-state index contributed by atoms with van der Waals surface area (Å²) in [5.74, 6) is 0.748. The van der Waals surface area contributed by atoms with Crippen LogP contribution in [0.5, 0.6) is 0 Å². The van der Waals surface area contributed by atoms with Crippen molar-refractivity contribution in [2.75, 3.05) is 19.0 Å². The van der Waals surface area contributed by atoms with E-state index < -0.39 is 0 Å². The molecule has 4 nitrogen and oxygen atoms in total. The predicted octanol–water partition coefficient (Wildman–Crippen LogP) is 2.11. The molecule has 0 aromatic carbocycles. The van der Waals surface area contributed by atoms with Crippen LogP contribution in [0.15, 0.2) is 12.3 Å². The number of hydrogen-bond donors (Lipinski definition) is 1. The van der Waals surface area contributed by atoms with Gasteiger partial charge < -0.3 is 10.1 Å². The summed E-state index contributed by atoms with van der Waals surface area (Å²) in [7, 11) is 1.76. The van der Waals surface area contributed by atoms with E-state index in [1.54, 1.807) is 19.4 Å². The summed E-state index contributed by atoms with van der Waals surface area (Å²) in [6, 6.07) is 1.80. The minimum atomic E-state index is -0.00255. The van der Waals surface area contributed by atoms with Crippen molar-refractivity contribution in [3.05, 3.63) is 17.5 Å². The number of hydrogen-bond acceptors (Lipinski definition) is 4. The Labute approximate surface area is 94.0 Å². The monoisotopic (exact) mass is 227 g/mol. The van der Waals surface area contributed by atoms with Gasteiger partial charge in [-0.15, -0.1) is 0 Å². The van der Waals surface area contributed by atoms with Crippen molar-refractivity contribution < 1.29 is 4.74 Å². The number of methoxy groups -OCH3 is 1. The van der Waals surface area contributed by atoms with Gasteiger partial charge in [0.05, 0.1) is 5.60 Å². The molecule has 1 heterocycles. The van der Waals surface area contributed by atoms with E-state index in [1.807, 2.05) is 0 Å². The average Bonchev–Trinajstić information content (AvgIpc) is 2.17. The van der Waals surface area contributed by atoms with E-state index >= 15 is 0 Å². The van der Waals surface area contributed by atoms with E-state index in [2.05, 4.69) is 15.3 Å². The Morgan fingerprint density at radius 1 is 1.60 bits per heavy atom. The van der Waals surface area contributed by atoms with Crippen molar-refractivity contribution in [2.24, 2.45) is 0 Å². The van der Waals surface area contributed by atoms with Crippen LogP contribution in [0.25, 0.3) is 0 Å². The zero-order valence-corrected chi connectivity index (χ0v) is 9.42. The zero-order chi connectivity index (χ0) is 10.7. The standard InChI is InChI=1S/C10H14ClN3O/c1-15-10(4-2-5-10)7-13-8-3-6-12-9(11)14-8/h3,6H,2,4-5,7H2,1H3,(H,12,13,14). The Kier molecular flexibility index (Phi) is 3.07. The number of anilines is 1. The van der Waals surface area contributed by atoms with Gasteiger partial charge in [-0.25, -0.2) is 9.97 Å². The number of nitrogens with zero attached hydrogens (tertiary/aromatic N) is 2. The van der Waals surface area contributed by atoms with Crippen molar-refractivity contribution in [2.45, 2.75) is 24.9 Å². The first-order valence-corrected chi connectivity index (χ1v) is 5.39. The summed E-state index contributed by atoms with van der Waals surface area (Å²) in [6.45, 7) is 0.775. The fourth-order valence-electron chi connectivity index (χ4n) is 1.71. The quantitative estimate of drug-likeness (QED) is 0.801. The maximum atomic E-state index is 5.68. The molecule has 0 unspecified atom stereocenters. The Morgan fingerprint density at radius 3 is 2.93 bits per heavy atom. The van der Waals surface area contributed by atoms with Gasteiger partial charge in [-0.3, -0.25) is 0 Å². The fourth-order valence-corrected chi connectivity index (χ4v) is 1.86. The van der Waals surface area contributed by atoms with Gasteiger partial charge in [0.15, 0.2) is 0 Å². The maximum Gasteiger partial charge on any atom is 0.224 e. The lowest BCUT2D eigenvalue weighted by Crippen LogP contribution is -2.45. The van der Waals surface area contributed by atoms with E-state index in [0.29, 0.717) is 0 Å². The van der Waals surface area contributed by atoms with Crippen LogP contribution in [0.3, 0.4) is 0 Å². The molecule has 0 atom stereocenters. The summed E-state index contributed by atoms with van der Waals surface area (Å²) >= 11 is 5.68. The SMILES string of the molecule is COC1(CNc2ccnc(Cl)n2)CCC1. The number of aromatic nitrogens is 2. The fraction of sp³-hybridized carbons (Fsp3) is 0.600. The maximum absolute atomic E-state index is 5.68. The molecule has 82 valence electrons. The second-order valence-corrected chi connectivity index (χ2v) is 4.14. The van der Waals surface area contributed by atoms with Gasteiger partial charge >= 0.3 is 0 Å². The van der Waals surface area contributed by atoms with Crippen LogP contribution >= 0.6 is 11.6 Å². The summed E-state index contributed by atoms with van der Waals surface area (Å²) in [6.07, 6.45) is 5.09. The smallest absolute Gasteiger partial charge is 0.224 e. The third-order valence-electron chi connectivity index (χ3n) is 2.92. The van der Waals surface area contributed by atoms with E-state index in [4.69, 9.17) is 16.3 Å². The molecule has 1 aromatic rings. The minimum absolute atomic E-state index is 0.00255. The van der Waals surface area contributed by atoms with Crippen molar-refractivity contribution in [3.8, 4) is 0 Å². The molecule has 1 fully saturated rings. The Hall–Kier alpha value is -0.870. The molecule has 0 spiro atoms. The molecule has 1 aliphatic rings. The van der Waals surface area contributed by atoms with E-state index in [9.17, 15) is 0 Å². The highest BCUT2D eigenvalue weighted by atomic mass is 35.5. The number of nitrogens with one attached hydrogen (secondary N) is 1. The van der Waals surface area contributed by atoms with E-state index in [0.717, 1.165) is 25.2 Å². The molecule has 1 N–H and O–H groups in total. The van der Waals surface area contributed by atoms with Crippen LogP contribution in [0, 0.1) is 0 Å². The van der Waals surface area contributed by atoms with Gasteiger partial charge in [0.2, 0.25) is 5.28 Å². The highest BCUT2D eigenvalue weighted by Gasteiger charge is 2.36. The molecule has 0 radical (unpaired) electrons. The highest BCUT2D eigenvalue weighted by Crippen LogP contribution is 2.34. The summed E-state index contributed by atoms with van der Waals surface area (Å²) < 4.78 is 5.49. The van der Waals surface area contributed by atoms with Gasteiger partial charge in [0, 0.05) is 19.9 Å². The van der Waals surface area contributed by atoms with Crippen molar-refractivity contribution >= 4 is 17.4 Å². The van der Waals surface area contributed by atoms with Gasteiger partial charge in [-0.1, -0.05) is 0 Å². The molecular formula is C10H14ClN3O. The van der Waals surface area contributed by atoms with Gasteiger partial charge in [-0.2, -0.15) is 0 Å². The molecule has 1 aliphatic carbocycles. The van der Waals surface area contributed by atoms with Crippen LogP contribution in [-0.2, 0) is 4.74 Å². The second-order valence-electron chi connectivity index (χ2n) is 3.81. The topological polar surface area (TPSA) is 47.0 Å². The van der Waals surface area contributed by atoms with Crippen LogP contribution in [0.4, 0.5) is 5.82 Å². The van der Waals surface area contributed by atoms with Crippen molar-refractivity contribution in [1.82, 2.24) is 9.97 Å². The molecule has 0 saturated heterocycles. The Balaban J connectivity index is 1.92. The average molecular weight is 228 g/mol. The lowest BCUT2D eigenvalue weighted by Gasteiger charge is -2.40. The number of ether oxygens (including phenoxy) is 1. The first-order valence-electron chi connectivity index (χ1n) is 5.02. The second kappa shape index (κ2) is 4.33. The largest absolute Gasteiger partial charge is 0.376 e.